The van der Waals surface area contributed by atoms with Gasteiger partial charge in [0.2, 0.25) is 0 Å². The molecule has 0 unspecified atom stereocenters. The van der Waals surface area contributed by atoms with Crippen molar-refractivity contribution < 1.29 is 0 Å². The van der Waals surface area contributed by atoms with Crippen LogP contribution in [0.3, 0.4) is 0 Å². The molecule has 1 rings (SSSR count). The van der Waals surface area contributed by atoms with Crippen LogP contribution >= 0.6 is 11.6 Å². The Bertz CT molecular complexity index is 219. The average Bonchev–Trinajstić information content (AvgIpc) is 2.37. The molecule has 0 atom stereocenters. The van der Waals surface area contributed by atoms with Gasteiger partial charge in [-0.25, -0.2) is 4.68 Å². The fraction of sp³-hybridized carbons (Fsp3) is 0.714. The number of nitrogens with zero attached hydrogens (tertiary/aromatic N) is 3. The van der Waals surface area contributed by atoms with Crippen LogP contribution in [0, 0.1) is 0 Å². The van der Waals surface area contributed by atoms with Crippen molar-refractivity contribution in [2.45, 2.75) is 26.3 Å². The SMILES string of the molecule is CC(C)n1cc(CCCl)nn1. The van der Waals surface area contributed by atoms with Crippen molar-refractivity contribution in [3.63, 3.8) is 0 Å². The van der Waals surface area contributed by atoms with Crippen molar-refractivity contribution in [3.8, 4) is 0 Å². The molecule has 0 aliphatic heterocycles. The predicted octanol–water partition coefficient (Wildman–Crippen LogP) is 1.64. The highest BCUT2D eigenvalue weighted by Crippen LogP contribution is 2.03. The molecule has 0 radical (unpaired) electrons. The minimum absolute atomic E-state index is 0.381. The maximum Gasteiger partial charge on any atom is 0.0839 e. The molecule has 1 aromatic heterocycles. The molecule has 1 aromatic rings. The Morgan fingerprint density at radius 1 is 1.64 bits per heavy atom. The largest absolute Gasteiger partial charge is 0.250 e. The van der Waals surface area contributed by atoms with Crippen molar-refractivity contribution in [1.82, 2.24) is 15.0 Å². The lowest BCUT2D eigenvalue weighted by molar-refractivity contribution is 0.514. The van der Waals surface area contributed by atoms with Crippen LogP contribution in [0.25, 0.3) is 0 Å². The van der Waals surface area contributed by atoms with Crippen molar-refractivity contribution in [2.75, 3.05) is 5.88 Å². The van der Waals surface area contributed by atoms with Crippen LogP contribution in [0.5, 0.6) is 0 Å². The van der Waals surface area contributed by atoms with Gasteiger partial charge in [-0.05, 0) is 13.8 Å². The molecule has 0 amide bonds. The Hall–Kier alpha value is -0.570. The van der Waals surface area contributed by atoms with Gasteiger partial charge >= 0.3 is 0 Å². The lowest BCUT2D eigenvalue weighted by Gasteiger charge is -2.00. The van der Waals surface area contributed by atoms with E-state index in [4.69, 9.17) is 11.6 Å². The van der Waals surface area contributed by atoms with E-state index in [0.29, 0.717) is 11.9 Å². The van der Waals surface area contributed by atoms with Gasteiger partial charge in [-0.15, -0.1) is 16.7 Å². The molecular weight excluding hydrogens is 162 g/mol. The standard InChI is InChI=1S/C7H12ClN3/c1-6(2)11-5-7(3-4-8)9-10-11/h5-6H,3-4H2,1-2H3. The van der Waals surface area contributed by atoms with Crippen molar-refractivity contribution >= 4 is 11.6 Å². The van der Waals surface area contributed by atoms with Gasteiger partial charge in [-0.1, -0.05) is 5.21 Å². The third-order valence-corrected chi connectivity index (χ3v) is 1.63. The summed E-state index contributed by atoms with van der Waals surface area (Å²) in [6.07, 6.45) is 2.74. The third kappa shape index (κ3) is 2.19. The maximum atomic E-state index is 5.55. The van der Waals surface area contributed by atoms with E-state index >= 15 is 0 Å². The fourth-order valence-electron chi connectivity index (χ4n) is 0.777. The van der Waals surface area contributed by atoms with Gasteiger partial charge in [0.15, 0.2) is 0 Å². The van der Waals surface area contributed by atoms with E-state index in [2.05, 4.69) is 24.2 Å². The smallest absolute Gasteiger partial charge is 0.0839 e. The summed E-state index contributed by atoms with van der Waals surface area (Å²) in [6, 6.07) is 0.381. The van der Waals surface area contributed by atoms with Gasteiger partial charge in [0, 0.05) is 24.5 Å². The number of alkyl halides is 1. The predicted molar refractivity (Wildman–Crippen MR) is 44.8 cm³/mol. The van der Waals surface area contributed by atoms with Crippen LogP contribution < -0.4 is 0 Å². The van der Waals surface area contributed by atoms with Crippen molar-refractivity contribution in [1.29, 1.82) is 0 Å². The van der Waals surface area contributed by atoms with E-state index in [0.717, 1.165) is 12.1 Å². The fourth-order valence-corrected chi connectivity index (χ4v) is 0.971. The topological polar surface area (TPSA) is 30.7 Å². The van der Waals surface area contributed by atoms with Gasteiger partial charge in [-0.3, -0.25) is 0 Å². The van der Waals surface area contributed by atoms with E-state index in [9.17, 15) is 0 Å². The molecule has 1 heterocycles. The van der Waals surface area contributed by atoms with Crippen molar-refractivity contribution in [2.24, 2.45) is 0 Å². The zero-order chi connectivity index (χ0) is 8.27. The minimum Gasteiger partial charge on any atom is -0.250 e. The molecular formula is C7H12ClN3. The molecule has 0 aliphatic carbocycles. The molecule has 0 bridgehead atoms. The van der Waals surface area contributed by atoms with E-state index in [1.54, 1.807) is 0 Å². The Morgan fingerprint density at radius 2 is 2.36 bits per heavy atom. The Labute approximate surface area is 71.4 Å². The number of rotatable bonds is 3. The van der Waals surface area contributed by atoms with E-state index in [1.165, 1.54) is 0 Å². The molecule has 0 N–H and O–H groups in total. The van der Waals surface area contributed by atoms with Gasteiger partial charge < -0.3 is 0 Å². The lowest BCUT2D eigenvalue weighted by Crippen LogP contribution is -2.00. The first-order chi connectivity index (χ1) is 5.24. The number of aromatic nitrogens is 3. The summed E-state index contributed by atoms with van der Waals surface area (Å²) in [5, 5.41) is 7.90. The van der Waals surface area contributed by atoms with Crippen LogP contribution in [0.2, 0.25) is 0 Å². The van der Waals surface area contributed by atoms with E-state index < -0.39 is 0 Å². The Kier molecular flexibility index (Phi) is 2.88. The van der Waals surface area contributed by atoms with Gasteiger partial charge in [0.1, 0.15) is 0 Å². The number of hydrogen-bond acceptors (Lipinski definition) is 2. The summed E-state index contributed by atoms with van der Waals surface area (Å²) in [7, 11) is 0. The van der Waals surface area contributed by atoms with E-state index in [1.807, 2.05) is 10.9 Å². The molecule has 0 fully saturated rings. The van der Waals surface area contributed by atoms with Gasteiger partial charge in [0.25, 0.3) is 0 Å². The first kappa shape index (κ1) is 8.53. The van der Waals surface area contributed by atoms with Crippen LogP contribution in [0.1, 0.15) is 25.6 Å². The first-order valence-electron chi connectivity index (χ1n) is 3.70. The highest BCUT2D eigenvalue weighted by atomic mass is 35.5. The molecule has 0 saturated heterocycles. The van der Waals surface area contributed by atoms with Crippen LogP contribution in [-0.2, 0) is 6.42 Å². The summed E-state index contributed by atoms with van der Waals surface area (Å²) in [4.78, 5) is 0. The first-order valence-corrected chi connectivity index (χ1v) is 4.24. The minimum atomic E-state index is 0.381. The zero-order valence-electron chi connectivity index (χ0n) is 6.79. The molecule has 4 heteroatoms. The molecule has 11 heavy (non-hydrogen) atoms. The zero-order valence-corrected chi connectivity index (χ0v) is 7.54. The molecule has 0 saturated carbocycles. The normalized spacial score (nSPS) is 10.9. The molecule has 0 aromatic carbocycles. The summed E-state index contributed by atoms with van der Waals surface area (Å²) >= 11 is 5.55. The number of halogens is 1. The summed E-state index contributed by atoms with van der Waals surface area (Å²) in [5.74, 6) is 0.608. The lowest BCUT2D eigenvalue weighted by atomic mass is 10.3. The molecule has 0 aliphatic rings. The number of hydrogen-bond donors (Lipinski definition) is 0. The molecule has 3 nitrogen and oxygen atoms in total. The Balaban J connectivity index is 2.66. The van der Waals surface area contributed by atoms with Crippen LogP contribution in [-0.4, -0.2) is 20.9 Å². The van der Waals surface area contributed by atoms with Crippen LogP contribution in [0.15, 0.2) is 6.20 Å². The van der Waals surface area contributed by atoms with E-state index in [-0.39, 0.29) is 0 Å². The average molecular weight is 174 g/mol. The molecule has 0 spiro atoms. The van der Waals surface area contributed by atoms with Crippen LogP contribution in [0.4, 0.5) is 0 Å². The maximum absolute atomic E-state index is 5.55. The highest BCUT2D eigenvalue weighted by Gasteiger charge is 2.01. The quantitative estimate of drug-likeness (QED) is 0.651. The Morgan fingerprint density at radius 3 is 2.82 bits per heavy atom. The monoisotopic (exact) mass is 173 g/mol. The second-order valence-corrected chi connectivity index (χ2v) is 3.10. The van der Waals surface area contributed by atoms with Gasteiger partial charge in [-0.2, -0.15) is 0 Å². The number of aryl methyl sites for hydroxylation is 1. The molecule has 62 valence electrons. The second kappa shape index (κ2) is 3.72. The van der Waals surface area contributed by atoms with Gasteiger partial charge in [0.05, 0.1) is 5.69 Å². The highest BCUT2D eigenvalue weighted by molar-refractivity contribution is 6.17. The summed E-state index contributed by atoms with van der Waals surface area (Å²) in [5.41, 5.74) is 0.966. The second-order valence-electron chi connectivity index (χ2n) is 2.72. The summed E-state index contributed by atoms with van der Waals surface area (Å²) < 4.78 is 1.84. The summed E-state index contributed by atoms with van der Waals surface area (Å²) in [6.45, 7) is 4.14. The van der Waals surface area contributed by atoms with Crippen molar-refractivity contribution in [3.05, 3.63) is 11.9 Å². The third-order valence-electron chi connectivity index (χ3n) is 1.44.